The van der Waals surface area contributed by atoms with Gasteiger partial charge in [-0.05, 0) is 35.7 Å². The van der Waals surface area contributed by atoms with Gasteiger partial charge in [-0.15, -0.1) is 0 Å². The van der Waals surface area contributed by atoms with Gasteiger partial charge in [0.15, 0.2) is 0 Å². The zero-order chi connectivity index (χ0) is 22.9. The molecule has 7 nitrogen and oxygen atoms in total. The van der Waals surface area contributed by atoms with Crippen LogP contribution in [0.5, 0.6) is 5.75 Å². The lowest BCUT2D eigenvalue weighted by molar-refractivity contribution is 0.0733. The summed E-state index contributed by atoms with van der Waals surface area (Å²) in [7, 11) is 5.61. The van der Waals surface area contributed by atoms with Gasteiger partial charge < -0.3 is 19.4 Å². The Morgan fingerprint density at radius 1 is 0.970 bits per heavy atom. The summed E-state index contributed by atoms with van der Waals surface area (Å²) >= 11 is 0. The van der Waals surface area contributed by atoms with Crippen molar-refractivity contribution in [3.05, 3.63) is 76.5 Å². The summed E-state index contributed by atoms with van der Waals surface area (Å²) in [5, 5.41) is 0. The molecule has 0 aliphatic carbocycles. The van der Waals surface area contributed by atoms with Crippen molar-refractivity contribution in [2.24, 2.45) is 0 Å². The third-order valence-electron chi connectivity index (χ3n) is 6.47. The largest absolute Gasteiger partial charge is 0.497 e. The number of fused-ring (bicyclic) bond motifs is 2. The fourth-order valence-corrected chi connectivity index (χ4v) is 4.67. The lowest BCUT2D eigenvalue weighted by Gasteiger charge is -2.34. The van der Waals surface area contributed by atoms with Gasteiger partial charge in [-0.2, -0.15) is 4.98 Å². The number of nitrogens with zero attached hydrogens (tertiary/aromatic N) is 5. The van der Waals surface area contributed by atoms with Crippen LogP contribution in [0.15, 0.2) is 48.5 Å². The maximum Gasteiger partial charge on any atom is 0.254 e. The lowest BCUT2D eigenvalue weighted by atomic mass is 10.00. The Bertz CT molecular complexity index is 1190. The van der Waals surface area contributed by atoms with E-state index in [-0.39, 0.29) is 5.91 Å². The number of benzene rings is 2. The number of anilines is 2. The number of methoxy groups -OCH3 is 1. The molecule has 1 amide bonds. The number of aromatic nitrogens is 2. The molecule has 2 aliphatic rings. The molecule has 0 spiro atoms. The zero-order valence-corrected chi connectivity index (χ0v) is 19.4. The third kappa shape index (κ3) is 4.11. The van der Waals surface area contributed by atoms with Gasteiger partial charge in [-0.3, -0.25) is 4.79 Å². The van der Waals surface area contributed by atoms with E-state index in [1.54, 1.807) is 13.2 Å². The molecule has 2 aromatic carbocycles. The van der Waals surface area contributed by atoms with Gasteiger partial charge in [-0.1, -0.05) is 30.3 Å². The normalized spacial score (nSPS) is 15.0. The molecule has 7 heteroatoms. The van der Waals surface area contributed by atoms with E-state index < -0.39 is 0 Å². The van der Waals surface area contributed by atoms with Crippen molar-refractivity contribution in [1.29, 1.82) is 0 Å². The molecule has 0 unspecified atom stereocenters. The van der Waals surface area contributed by atoms with Gasteiger partial charge in [0, 0.05) is 51.3 Å². The molecule has 0 bridgehead atoms. The Hall–Kier alpha value is -3.61. The van der Waals surface area contributed by atoms with Crippen molar-refractivity contribution in [2.75, 3.05) is 44.1 Å². The Labute approximate surface area is 194 Å². The minimum atomic E-state index is 0.000898. The first-order valence-corrected chi connectivity index (χ1v) is 11.4. The highest BCUT2D eigenvalue weighted by Crippen LogP contribution is 2.31. The maximum absolute atomic E-state index is 13.2. The van der Waals surface area contributed by atoms with Crippen LogP contribution in [0, 0.1) is 0 Å². The van der Waals surface area contributed by atoms with Gasteiger partial charge in [0.2, 0.25) is 5.95 Å². The topological polar surface area (TPSA) is 61.8 Å². The van der Waals surface area contributed by atoms with Gasteiger partial charge in [0.05, 0.1) is 19.3 Å². The average molecular weight is 444 g/mol. The Morgan fingerprint density at radius 3 is 2.58 bits per heavy atom. The zero-order valence-electron chi connectivity index (χ0n) is 19.4. The Kier molecular flexibility index (Phi) is 5.62. The van der Waals surface area contributed by atoms with E-state index in [9.17, 15) is 4.79 Å². The minimum Gasteiger partial charge on any atom is -0.497 e. The highest BCUT2D eigenvalue weighted by atomic mass is 16.5. The van der Waals surface area contributed by atoms with Crippen LogP contribution in [0.25, 0.3) is 0 Å². The summed E-state index contributed by atoms with van der Waals surface area (Å²) in [6, 6.07) is 15.9. The summed E-state index contributed by atoms with van der Waals surface area (Å²) in [6.07, 6.45) is 1.71. The van der Waals surface area contributed by atoms with Gasteiger partial charge >= 0.3 is 0 Å². The fraction of sp³-hybridized carbons (Fsp3) is 0.346. The van der Waals surface area contributed by atoms with Crippen LogP contribution in [-0.2, 0) is 25.9 Å². The number of hydrogen-bond acceptors (Lipinski definition) is 6. The van der Waals surface area contributed by atoms with Gasteiger partial charge in [-0.25, -0.2) is 4.98 Å². The standard InChI is InChI=1S/C26H29N5O2/c1-29(2)24-22-17-30(25(32)19-9-6-10-21(15-19)33-3)14-12-23(22)27-26(28-24)31-13-11-18-7-4-5-8-20(18)16-31/h4-10,15H,11-14,16-17H2,1-3H3. The minimum absolute atomic E-state index is 0.000898. The predicted molar refractivity (Wildman–Crippen MR) is 129 cm³/mol. The third-order valence-corrected chi connectivity index (χ3v) is 6.47. The second kappa shape index (κ2) is 8.73. The SMILES string of the molecule is COc1cccc(C(=O)N2CCc3nc(N4CCc5ccccc5C4)nc(N(C)C)c3C2)c1. The summed E-state index contributed by atoms with van der Waals surface area (Å²) in [4.78, 5) is 29.3. The second-order valence-corrected chi connectivity index (χ2v) is 8.82. The number of hydrogen-bond donors (Lipinski definition) is 0. The second-order valence-electron chi connectivity index (χ2n) is 8.82. The molecule has 0 atom stereocenters. The molecule has 3 heterocycles. The molecule has 0 radical (unpaired) electrons. The highest BCUT2D eigenvalue weighted by molar-refractivity contribution is 5.94. The fourth-order valence-electron chi connectivity index (χ4n) is 4.67. The molecular weight excluding hydrogens is 414 g/mol. The first-order chi connectivity index (χ1) is 16.0. The van der Waals surface area contributed by atoms with Crippen molar-refractivity contribution >= 4 is 17.7 Å². The molecule has 0 fully saturated rings. The maximum atomic E-state index is 13.2. The lowest BCUT2D eigenvalue weighted by Crippen LogP contribution is -2.38. The summed E-state index contributed by atoms with van der Waals surface area (Å²) in [5.41, 5.74) is 5.45. The molecule has 33 heavy (non-hydrogen) atoms. The van der Waals surface area contributed by atoms with E-state index in [1.807, 2.05) is 42.1 Å². The van der Waals surface area contributed by atoms with E-state index in [0.29, 0.717) is 30.8 Å². The number of carbonyl (C=O) groups excluding carboxylic acids is 1. The van der Waals surface area contributed by atoms with Crippen LogP contribution in [0.4, 0.5) is 11.8 Å². The van der Waals surface area contributed by atoms with Crippen molar-refractivity contribution in [3.63, 3.8) is 0 Å². The van der Waals surface area contributed by atoms with Crippen molar-refractivity contribution < 1.29 is 9.53 Å². The van der Waals surface area contributed by atoms with Crippen LogP contribution in [0.3, 0.4) is 0 Å². The molecule has 2 aliphatic heterocycles. The Balaban J connectivity index is 1.43. The van der Waals surface area contributed by atoms with Crippen LogP contribution in [0.1, 0.15) is 32.7 Å². The Morgan fingerprint density at radius 2 is 1.79 bits per heavy atom. The molecule has 3 aromatic rings. The van der Waals surface area contributed by atoms with Crippen molar-refractivity contribution in [2.45, 2.75) is 25.9 Å². The van der Waals surface area contributed by atoms with Crippen LogP contribution >= 0.6 is 0 Å². The van der Waals surface area contributed by atoms with Gasteiger partial charge in [0.1, 0.15) is 11.6 Å². The predicted octanol–water partition coefficient (Wildman–Crippen LogP) is 3.31. The molecular formula is C26H29N5O2. The monoisotopic (exact) mass is 443 g/mol. The number of carbonyl (C=O) groups is 1. The van der Waals surface area contributed by atoms with E-state index >= 15 is 0 Å². The van der Waals surface area contributed by atoms with Crippen LogP contribution in [0.2, 0.25) is 0 Å². The summed E-state index contributed by atoms with van der Waals surface area (Å²) in [5.74, 6) is 2.35. The molecule has 0 saturated heterocycles. The van der Waals surface area contributed by atoms with Crippen LogP contribution < -0.4 is 14.5 Å². The number of amides is 1. The highest BCUT2D eigenvalue weighted by Gasteiger charge is 2.28. The summed E-state index contributed by atoms with van der Waals surface area (Å²) < 4.78 is 5.29. The smallest absolute Gasteiger partial charge is 0.254 e. The van der Waals surface area contributed by atoms with E-state index in [4.69, 9.17) is 14.7 Å². The van der Waals surface area contributed by atoms with Crippen molar-refractivity contribution in [3.8, 4) is 5.75 Å². The molecule has 0 N–H and O–H groups in total. The average Bonchev–Trinajstić information content (AvgIpc) is 2.86. The van der Waals surface area contributed by atoms with Gasteiger partial charge in [0.25, 0.3) is 5.91 Å². The first-order valence-electron chi connectivity index (χ1n) is 11.4. The van der Waals surface area contributed by atoms with E-state index in [2.05, 4.69) is 29.2 Å². The molecule has 0 saturated carbocycles. The van der Waals surface area contributed by atoms with Crippen molar-refractivity contribution in [1.82, 2.24) is 14.9 Å². The van der Waals surface area contributed by atoms with Crippen LogP contribution in [-0.4, -0.2) is 55.1 Å². The number of ether oxygens (including phenoxy) is 1. The molecule has 1 aromatic heterocycles. The molecule has 5 rings (SSSR count). The number of rotatable bonds is 4. The summed E-state index contributed by atoms with van der Waals surface area (Å²) in [6.45, 7) is 2.86. The quantitative estimate of drug-likeness (QED) is 0.617. The molecule has 170 valence electrons. The first kappa shape index (κ1) is 21.2. The van der Waals surface area contributed by atoms with E-state index in [1.165, 1.54) is 11.1 Å². The van der Waals surface area contributed by atoms with E-state index in [0.717, 1.165) is 42.5 Å².